The molecule has 1 N–H and O–H groups in total. The van der Waals surface area contributed by atoms with Gasteiger partial charge < -0.3 is 19.3 Å². The predicted octanol–water partition coefficient (Wildman–Crippen LogP) is 4.51. The summed E-state index contributed by atoms with van der Waals surface area (Å²) in [4.78, 5) is 32.3. The zero-order valence-corrected chi connectivity index (χ0v) is 19.0. The van der Waals surface area contributed by atoms with Crippen LogP contribution in [0.5, 0.6) is 5.75 Å². The number of benzene rings is 1. The number of hydrogen-bond acceptors (Lipinski definition) is 6. The first-order valence-corrected chi connectivity index (χ1v) is 11.5. The minimum atomic E-state index is -0.700. The molecule has 0 aliphatic carbocycles. The first-order valence-electron chi connectivity index (χ1n) is 10.2. The molecule has 3 aromatic rings. The highest BCUT2D eigenvalue weighted by atomic mass is 35.5. The van der Waals surface area contributed by atoms with Gasteiger partial charge in [-0.15, -0.1) is 11.3 Å². The van der Waals surface area contributed by atoms with E-state index in [-0.39, 0.29) is 11.3 Å². The van der Waals surface area contributed by atoms with Crippen molar-refractivity contribution in [3.8, 4) is 5.75 Å². The second kappa shape index (κ2) is 9.58. The van der Waals surface area contributed by atoms with E-state index in [1.165, 1.54) is 16.2 Å². The standard InChI is InChI=1S/C23H22ClN3O4S/c1-2-31-17-7-6-15(13-16(17)24)21(28)19-20(18-5-3-12-32-18)27(23(30)22(19)29)10-4-9-26-11-8-25-14-26/h3,5-8,11-14,20,28H,2,4,9-10H2,1H3/b21-19+. The highest BCUT2D eigenvalue weighted by molar-refractivity contribution is 7.10. The number of likely N-dealkylation sites (tertiary alicyclic amines) is 1. The second-order valence-electron chi connectivity index (χ2n) is 7.24. The molecule has 1 fully saturated rings. The normalized spacial score (nSPS) is 17.8. The second-order valence-corrected chi connectivity index (χ2v) is 8.63. The van der Waals surface area contributed by atoms with Crippen LogP contribution in [0, 0.1) is 0 Å². The number of hydrogen-bond donors (Lipinski definition) is 1. The van der Waals surface area contributed by atoms with Crippen molar-refractivity contribution < 1.29 is 19.4 Å². The Bertz CT molecular complexity index is 1140. The zero-order chi connectivity index (χ0) is 22.7. The van der Waals surface area contributed by atoms with Crippen molar-refractivity contribution >= 4 is 40.4 Å². The fourth-order valence-electron chi connectivity index (χ4n) is 3.77. The number of carbonyl (C=O) groups excluding carboxylic acids is 2. The van der Waals surface area contributed by atoms with Crippen LogP contribution in [-0.2, 0) is 16.1 Å². The topological polar surface area (TPSA) is 84.7 Å². The number of halogens is 1. The molecular formula is C23H22ClN3O4S. The van der Waals surface area contributed by atoms with Crippen molar-refractivity contribution in [2.45, 2.75) is 25.9 Å². The number of imidazole rings is 1. The summed E-state index contributed by atoms with van der Waals surface area (Å²) in [6.07, 6.45) is 5.89. The summed E-state index contributed by atoms with van der Waals surface area (Å²) >= 11 is 7.71. The monoisotopic (exact) mass is 471 g/mol. The van der Waals surface area contributed by atoms with Crippen molar-refractivity contribution in [2.24, 2.45) is 0 Å². The molecule has 4 rings (SSSR count). The van der Waals surface area contributed by atoms with Gasteiger partial charge in [-0.05, 0) is 43.0 Å². The van der Waals surface area contributed by atoms with Crippen LogP contribution in [0.3, 0.4) is 0 Å². The van der Waals surface area contributed by atoms with Gasteiger partial charge in [-0.25, -0.2) is 4.98 Å². The van der Waals surface area contributed by atoms with Gasteiger partial charge in [0.25, 0.3) is 11.7 Å². The average Bonchev–Trinajstić information content (AvgIpc) is 3.53. The number of aryl methyl sites for hydroxylation is 1. The lowest BCUT2D eigenvalue weighted by molar-refractivity contribution is -0.139. The number of Topliss-reactive ketones (excluding diaryl/α,β-unsaturated/α-hetero) is 1. The van der Waals surface area contributed by atoms with E-state index in [1.807, 2.05) is 35.2 Å². The molecule has 1 atom stereocenters. The molecule has 0 bridgehead atoms. The molecule has 0 radical (unpaired) electrons. The number of aromatic nitrogens is 2. The predicted molar refractivity (Wildman–Crippen MR) is 123 cm³/mol. The van der Waals surface area contributed by atoms with Gasteiger partial charge in [0.1, 0.15) is 11.5 Å². The number of carbonyl (C=O) groups is 2. The van der Waals surface area contributed by atoms with Gasteiger partial charge >= 0.3 is 0 Å². The number of aliphatic hydroxyl groups is 1. The van der Waals surface area contributed by atoms with E-state index in [2.05, 4.69) is 4.98 Å². The number of ketones is 1. The molecule has 7 nitrogen and oxygen atoms in total. The van der Waals surface area contributed by atoms with Gasteiger partial charge in [0, 0.05) is 35.9 Å². The first kappa shape index (κ1) is 22.1. The molecule has 1 unspecified atom stereocenters. The molecule has 1 amide bonds. The first-order chi connectivity index (χ1) is 15.5. The Hall–Kier alpha value is -3.10. The van der Waals surface area contributed by atoms with Crippen LogP contribution < -0.4 is 4.74 Å². The van der Waals surface area contributed by atoms with Gasteiger partial charge in [-0.3, -0.25) is 9.59 Å². The molecule has 1 aliphatic rings. The van der Waals surface area contributed by atoms with Crippen LogP contribution >= 0.6 is 22.9 Å². The average molecular weight is 472 g/mol. The summed E-state index contributed by atoms with van der Waals surface area (Å²) in [5.74, 6) is -1.08. The van der Waals surface area contributed by atoms with Crippen LogP contribution in [0.1, 0.15) is 29.8 Å². The largest absolute Gasteiger partial charge is 0.507 e. The number of amides is 1. The van der Waals surface area contributed by atoms with Gasteiger partial charge in [-0.1, -0.05) is 17.7 Å². The molecule has 0 spiro atoms. The Labute approximate surface area is 194 Å². The fraction of sp³-hybridized carbons (Fsp3) is 0.261. The molecule has 1 aliphatic heterocycles. The van der Waals surface area contributed by atoms with E-state index < -0.39 is 17.7 Å². The molecule has 166 valence electrons. The van der Waals surface area contributed by atoms with Crippen LogP contribution in [0.25, 0.3) is 5.76 Å². The lowest BCUT2D eigenvalue weighted by Gasteiger charge is -2.24. The maximum atomic E-state index is 13.0. The third-order valence-electron chi connectivity index (χ3n) is 5.23. The quantitative estimate of drug-likeness (QED) is 0.297. The minimum absolute atomic E-state index is 0.0697. The van der Waals surface area contributed by atoms with E-state index in [0.29, 0.717) is 42.5 Å². The number of thiophene rings is 1. The molecule has 1 saturated heterocycles. The Morgan fingerprint density at radius 2 is 2.12 bits per heavy atom. The highest BCUT2D eigenvalue weighted by Gasteiger charge is 2.46. The van der Waals surface area contributed by atoms with Gasteiger partial charge in [0.2, 0.25) is 0 Å². The van der Waals surface area contributed by atoms with E-state index in [0.717, 1.165) is 4.88 Å². The lowest BCUT2D eigenvalue weighted by Crippen LogP contribution is -2.31. The van der Waals surface area contributed by atoms with Crippen LogP contribution in [-0.4, -0.2) is 44.4 Å². The summed E-state index contributed by atoms with van der Waals surface area (Å²) in [6, 6.07) is 7.89. The minimum Gasteiger partial charge on any atom is -0.507 e. The van der Waals surface area contributed by atoms with Crippen molar-refractivity contribution in [1.29, 1.82) is 0 Å². The third-order valence-corrected chi connectivity index (χ3v) is 6.45. The summed E-state index contributed by atoms with van der Waals surface area (Å²) in [5.41, 5.74) is 0.428. The van der Waals surface area contributed by atoms with Crippen molar-refractivity contribution in [3.05, 3.63) is 75.5 Å². The van der Waals surface area contributed by atoms with Crippen LogP contribution in [0.15, 0.2) is 60.0 Å². The van der Waals surface area contributed by atoms with Gasteiger partial charge in [-0.2, -0.15) is 0 Å². The fourth-order valence-corrected chi connectivity index (χ4v) is 4.85. The summed E-state index contributed by atoms with van der Waals surface area (Å²) in [6.45, 7) is 3.33. The third kappa shape index (κ3) is 4.28. The molecule has 3 heterocycles. The van der Waals surface area contributed by atoms with Crippen LogP contribution in [0.2, 0.25) is 5.02 Å². The molecule has 32 heavy (non-hydrogen) atoms. The summed E-state index contributed by atoms with van der Waals surface area (Å²) in [7, 11) is 0. The Balaban J connectivity index is 1.68. The molecule has 2 aromatic heterocycles. The molecule has 9 heteroatoms. The van der Waals surface area contributed by atoms with Gasteiger partial charge in [0.05, 0.1) is 29.6 Å². The smallest absolute Gasteiger partial charge is 0.295 e. The number of rotatable bonds is 8. The molecular weight excluding hydrogens is 450 g/mol. The number of aliphatic hydroxyl groups excluding tert-OH is 1. The van der Waals surface area contributed by atoms with E-state index >= 15 is 0 Å². The number of nitrogens with zero attached hydrogens (tertiary/aromatic N) is 3. The van der Waals surface area contributed by atoms with Crippen molar-refractivity contribution in [3.63, 3.8) is 0 Å². The molecule has 1 aromatic carbocycles. The summed E-state index contributed by atoms with van der Waals surface area (Å²) in [5, 5.41) is 13.3. The lowest BCUT2D eigenvalue weighted by atomic mass is 9.99. The highest BCUT2D eigenvalue weighted by Crippen LogP contribution is 2.41. The Morgan fingerprint density at radius 3 is 2.78 bits per heavy atom. The van der Waals surface area contributed by atoms with Crippen LogP contribution in [0.4, 0.5) is 0 Å². The Morgan fingerprint density at radius 1 is 1.28 bits per heavy atom. The molecule has 0 saturated carbocycles. The zero-order valence-electron chi connectivity index (χ0n) is 17.4. The SMILES string of the molecule is CCOc1ccc(/C(O)=C2\C(=O)C(=O)N(CCCn3ccnc3)C2c2cccs2)cc1Cl. The maximum absolute atomic E-state index is 13.0. The van der Waals surface area contributed by atoms with Crippen molar-refractivity contribution in [1.82, 2.24) is 14.5 Å². The summed E-state index contributed by atoms with van der Waals surface area (Å²) < 4.78 is 7.36. The van der Waals surface area contributed by atoms with E-state index in [4.69, 9.17) is 16.3 Å². The Kier molecular flexibility index (Phi) is 6.62. The van der Waals surface area contributed by atoms with Gasteiger partial charge in [0.15, 0.2) is 0 Å². The van der Waals surface area contributed by atoms with E-state index in [1.54, 1.807) is 30.7 Å². The van der Waals surface area contributed by atoms with Crippen molar-refractivity contribution in [2.75, 3.05) is 13.2 Å². The maximum Gasteiger partial charge on any atom is 0.295 e. The number of ether oxygens (including phenoxy) is 1. The van der Waals surface area contributed by atoms with E-state index in [9.17, 15) is 14.7 Å².